The molecule has 0 aliphatic heterocycles. The van der Waals surface area contributed by atoms with Gasteiger partial charge in [0, 0.05) is 39.8 Å². The lowest BCUT2D eigenvalue weighted by Crippen LogP contribution is -2.29. The standard InChI is InChI=1S/C68H82N2/c1-15-23-51(31-30-50(17-3)44-55(69-65-42-29-47(4)49(65)6)43-48(5)59(24-16-2)64(67(10,11)12)46-66(7,8)9)53-32-36-56(37-33-53)70(57-38-34-54(35-39-57)52-25-19-18-20-26-52)58-40-41-61-60-27-21-22-28-62(60)68(13,14)63(61)45-58/h16,18-43,45,48-50,64,69H,2,15,17,44,46H2,1,3-14H3/b31-30-,51-23+,55-43+,59-24+. The Morgan fingerprint density at radius 3 is 1.97 bits per heavy atom. The van der Waals surface area contributed by atoms with E-state index in [1.54, 1.807) is 0 Å². The lowest BCUT2D eigenvalue weighted by Gasteiger charge is -2.39. The Bertz CT molecular complexity index is 2790. The number of hydrogen-bond acceptors (Lipinski definition) is 2. The summed E-state index contributed by atoms with van der Waals surface area (Å²) in [7, 11) is 0. The van der Waals surface area contributed by atoms with Crippen LogP contribution in [0.15, 0.2) is 199 Å². The second-order valence-electron chi connectivity index (χ2n) is 22.9. The quantitative estimate of drug-likeness (QED) is 0.0881. The van der Waals surface area contributed by atoms with Crippen molar-refractivity contribution in [2.75, 3.05) is 4.90 Å². The Morgan fingerprint density at radius 2 is 1.37 bits per heavy atom. The normalized spacial score (nSPS) is 17.4. The first kappa shape index (κ1) is 51.7. The van der Waals surface area contributed by atoms with Gasteiger partial charge < -0.3 is 10.2 Å². The molecule has 2 nitrogen and oxygen atoms in total. The van der Waals surface area contributed by atoms with Gasteiger partial charge in [0.15, 0.2) is 0 Å². The van der Waals surface area contributed by atoms with Gasteiger partial charge >= 0.3 is 0 Å². The number of hydrogen-bond donors (Lipinski definition) is 1. The first-order valence-corrected chi connectivity index (χ1v) is 26.2. The van der Waals surface area contributed by atoms with Crippen LogP contribution >= 0.6 is 0 Å². The van der Waals surface area contributed by atoms with Gasteiger partial charge in [0.05, 0.1) is 0 Å². The number of allylic oxidation sites excluding steroid dienone is 12. The van der Waals surface area contributed by atoms with Crippen molar-refractivity contribution in [1.82, 2.24) is 5.32 Å². The summed E-state index contributed by atoms with van der Waals surface area (Å²) in [5.41, 5.74) is 19.4. The zero-order valence-electron chi connectivity index (χ0n) is 45.0. The minimum absolute atomic E-state index is 0.0998. The van der Waals surface area contributed by atoms with Crippen molar-refractivity contribution in [3.63, 3.8) is 0 Å². The molecule has 0 amide bonds. The second kappa shape index (κ2) is 21.9. The summed E-state index contributed by atoms with van der Waals surface area (Å²) < 4.78 is 0. The van der Waals surface area contributed by atoms with Crippen molar-refractivity contribution in [3.05, 3.63) is 216 Å². The molecular weight excluding hydrogens is 845 g/mol. The molecule has 0 saturated carbocycles. The molecule has 0 radical (unpaired) electrons. The van der Waals surface area contributed by atoms with E-state index in [0.29, 0.717) is 17.8 Å². The van der Waals surface area contributed by atoms with Gasteiger partial charge in [-0.2, -0.15) is 0 Å². The summed E-state index contributed by atoms with van der Waals surface area (Å²) in [6.45, 7) is 34.8. The number of fused-ring (bicyclic) bond motifs is 3. The third-order valence-corrected chi connectivity index (χ3v) is 15.0. The fourth-order valence-corrected chi connectivity index (χ4v) is 10.8. The minimum atomic E-state index is -0.0998. The minimum Gasteiger partial charge on any atom is -0.362 e. The zero-order chi connectivity index (χ0) is 50.4. The predicted molar refractivity (Wildman–Crippen MR) is 307 cm³/mol. The largest absolute Gasteiger partial charge is 0.362 e. The Morgan fingerprint density at radius 1 is 0.757 bits per heavy atom. The zero-order valence-corrected chi connectivity index (χ0v) is 45.0. The van der Waals surface area contributed by atoms with E-state index in [9.17, 15) is 0 Å². The Balaban J connectivity index is 1.20. The summed E-state index contributed by atoms with van der Waals surface area (Å²) in [5, 5.41) is 4.00. The fraction of sp³-hybridized carbons (Fsp3) is 0.353. The van der Waals surface area contributed by atoms with Crippen LogP contribution in [0.25, 0.3) is 27.8 Å². The number of rotatable bonds is 18. The average molecular weight is 927 g/mol. The van der Waals surface area contributed by atoms with Gasteiger partial charge in [-0.15, -0.1) is 0 Å². The SMILES string of the molecule is C=C/C=C(\C(C)/C=C(\CC(/C=C\C(=C/CC)c1ccc(N(c2ccc(-c3ccccc3)cc2)c2ccc3c(c2)C(C)(C)c2ccccc2-3)cc1)CC)NC1=CC=C(C)C1C)C(CC(C)(C)C)C(C)(C)C. The molecule has 2 aliphatic rings. The highest BCUT2D eigenvalue weighted by atomic mass is 15.1. The molecule has 0 bridgehead atoms. The van der Waals surface area contributed by atoms with E-state index in [-0.39, 0.29) is 22.2 Å². The summed E-state index contributed by atoms with van der Waals surface area (Å²) in [6, 6.07) is 44.9. The van der Waals surface area contributed by atoms with Crippen LogP contribution in [0, 0.1) is 34.5 Å². The first-order chi connectivity index (χ1) is 33.3. The fourth-order valence-electron chi connectivity index (χ4n) is 10.8. The van der Waals surface area contributed by atoms with Gasteiger partial charge in [0.2, 0.25) is 0 Å². The molecule has 0 saturated heterocycles. The number of nitrogens with zero attached hydrogens (tertiary/aromatic N) is 1. The highest BCUT2D eigenvalue weighted by molar-refractivity contribution is 5.86. The molecule has 364 valence electrons. The van der Waals surface area contributed by atoms with E-state index in [1.807, 2.05) is 6.08 Å². The molecule has 0 fully saturated rings. The molecule has 7 rings (SSSR count). The predicted octanol–water partition coefficient (Wildman–Crippen LogP) is 19.7. The second-order valence-corrected chi connectivity index (χ2v) is 22.9. The molecule has 4 unspecified atom stereocenters. The van der Waals surface area contributed by atoms with Crippen LogP contribution in [-0.4, -0.2) is 0 Å². The third-order valence-electron chi connectivity index (χ3n) is 15.0. The molecule has 4 atom stereocenters. The summed E-state index contributed by atoms with van der Waals surface area (Å²) in [6.07, 6.45) is 22.7. The molecule has 70 heavy (non-hydrogen) atoms. The van der Waals surface area contributed by atoms with Gasteiger partial charge in [0.1, 0.15) is 0 Å². The summed E-state index contributed by atoms with van der Waals surface area (Å²) in [5.74, 6) is 1.39. The van der Waals surface area contributed by atoms with Crippen LogP contribution in [0.2, 0.25) is 0 Å². The number of nitrogens with one attached hydrogen (secondary N) is 1. The van der Waals surface area contributed by atoms with Crippen molar-refractivity contribution in [1.29, 1.82) is 0 Å². The van der Waals surface area contributed by atoms with Gasteiger partial charge in [-0.05, 0) is 148 Å². The van der Waals surface area contributed by atoms with Crippen LogP contribution in [0.3, 0.4) is 0 Å². The van der Waals surface area contributed by atoms with Crippen molar-refractivity contribution in [2.45, 2.75) is 121 Å². The highest BCUT2D eigenvalue weighted by Gasteiger charge is 2.36. The first-order valence-electron chi connectivity index (χ1n) is 26.2. The van der Waals surface area contributed by atoms with Gasteiger partial charge in [-0.3, -0.25) is 0 Å². The third kappa shape index (κ3) is 11.9. The summed E-state index contributed by atoms with van der Waals surface area (Å²) in [4.78, 5) is 2.42. The highest BCUT2D eigenvalue weighted by Crippen LogP contribution is 2.51. The molecular formula is C68H82N2. The van der Waals surface area contributed by atoms with Crippen LogP contribution in [0.1, 0.15) is 132 Å². The van der Waals surface area contributed by atoms with E-state index in [0.717, 1.165) is 42.7 Å². The Labute approximate surface area is 424 Å². The monoisotopic (exact) mass is 927 g/mol. The molecule has 5 aromatic rings. The van der Waals surface area contributed by atoms with Gasteiger partial charge in [-0.25, -0.2) is 0 Å². The van der Waals surface area contributed by atoms with Crippen molar-refractivity contribution in [2.24, 2.45) is 34.5 Å². The molecule has 2 heteroatoms. The Kier molecular flexibility index (Phi) is 16.2. The number of anilines is 3. The number of benzene rings is 5. The topological polar surface area (TPSA) is 15.3 Å². The lowest BCUT2D eigenvalue weighted by molar-refractivity contribution is 0.189. The smallest absolute Gasteiger partial charge is 0.0465 e. The van der Waals surface area contributed by atoms with Gasteiger partial charge in [-0.1, -0.05) is 228 Å². The van der Waals surface area contributed by atoms with Crippen LogP contribution in [0.4, 0.5) is 17.1 Å². The van der Waals surface area contributed by atoms with Gasteiger partial charge in [0.25, 0.3) is 0 Å². The van der Waals surface area contributed by atoms with Crippen molar-refractivity contribution in [3.8, 4) is 22.3 Å². The average Bonchev–Trinajstić information content (AvgIpc) is 3.77. The molecule has 5 aromatic carbocycles. The summed E-state index contributed by atoms with van der Waals surface area (Å²) >= 11 is 0. The molecule has 0 heterocycles. The van der Waals surface area contributed by atoms with E-state index in [1.165, 1.54) is 67.1 Å². The van der Waals surface area contributed by atoms with E-state index in [4.69, 9.17) is 0 Å². The maximum Gasteiger partial charge on any atom is 0.0465 e. The van der Waals surface area contributed by atoms with Crippen molar-refractivity contribution < 1.29 is 0 Å². The van der Waals surface area contributed by atoms with E-state index < -0.39 is 0 Å². The molecule has 0 spiro atoms. The van der Waals surface area contributed by atoms with Crippen molar-refractivity contribution >= 4 is 22.6 Å². The van der Waals surface area contributed by atoms with Crippen LogP contribution in [-0.2, 0) is 5.41 Å². The van der Waals surface area contributed by atoms with E-state index in [2.05, 4.69) is 271 Å². The molecule has 2 aliphatic carbocycles. The molecule has 0 aromatic heterocycles. The maximum absolute atomic E-state index is 4.20. The Hall–Kier alpha value is -6.12. The van der Waals surface area contributed by atoms with E-state index >= 15 is 0 Å². The molecule has 1 N–H and O–H groups in total. The maximum atomic E-state index is 4.20. The van der Waals surface area contributed by atoms with Crippen LogP contribution in [0.5, 0.6) is 0 Å². The van der Waals surface area contributed by atoms with Crippen LogP contribution < -0.4 is 10.2 Å². The lowest BCUT2D eigenvalue weighted by atomic mass is 9.66.